The number of methoxy groups -OCH3 is 1. The highest BCUT2D eigenvalue weighted by atomic mass is 32.2. The number of carbonyl (C=O) groups excluding carboxylic acids is 3. The summed E-state index contributed by atoms with van der Waals surface area (Å²) in [6, 6.07) is 11.0. The smallest absolute Gasteiger partial charge is 0.294 e. The molecule has 0 saturated carbocycles. The fourth-order valence-electron chi connectivity index (χ4n) is 3.40. The van der Waals surface area contributed by atoms with Gasteiger partial charge in [-0.1, -0.05) is 12.1 Å². The zero-order chi connectivity index (χ0) is 24.7. The Morgan fingerprint density at radius 3 is 2.74 bits per heavy atom. The second kappa shape index (κ2) is 11.8. The van der Waals surface area contributed by atoms with Gasteiger partial charge in [0.1, 0.15) is 6.54 Å². The molecule has 3 rings (SSSR count). The van der Waals surface area contributed by atoms with E-state index in [1.807, 2.05) is 37.4 Å². The van der Waals surface area contributed by atoms with Crippen LogP contribution in [-0.4, -0.2) is 48.5 Å². The van der Waals surface area contributed by atoms with E-state index in [4.69, 9.17) is 9.47 Å². The molecular weight excluding hydrogens is 472 g/mol. The fraction of sp³-hybridized carbons (Fsp3) is 0.240. The number of carbonyl (C=O) groups is 3. The van der Waals surface area contributed by atoms with Gasteiger partial charge in [0.15, 0.2) is 11.5 Å². The Hall–Kier alpha value is -3.17. The predicted octanol–water partition coefficient (Wildman–Crippen LogP) is 5.22. The first kappa shape index (κ1) is 25.5. The molecule has 178 valence electrons. The maximum Gasteiger partial charge on any atom is 0.294 e. The van der Waals surface area contributed by atoms with Gasteiger partial charge in [-0.15, -0.1) is 18.3 Å². The quantitative estimate of drug-likeness (QED) is 0.273. The monoisotopic (exact) mass is 498 g/mol. The van der Waals surface area contributed by atoms with Crippen molar-refractivity contribution in [2.45, 2.75) is 18.2 Å². The second-order valence-corrected chi connectivity index (χ2v) is 9.06. The van der Waals surface area contributed by atoms with Crippen LogP contribution >= 0.6 is 23.5 Å². The van der Waals surface area contributed by atoms with Crippen LogP contribution in [0.15, 0.2) is 58.9 Å². The van der Waals surface area contributed by atoms with E-state index in [2.05, 4.69) is 11.9 Å². The lowest BCUT2D eigenvalue weighted by Crippen LogP contribution is -2.36. The van der Waals surface area contributed by atoms with Gasteiger partial charge in [-0.25, -0.2) is 0 Å². The summed E-state index contributed by atoms with van der Waals surface area (Å²) < 4.78 is 11.2. The van der Waals surface area contributed by atoms with Crippen LogP contribution in [0.4, 0.5) is 10.5 Å². The largest absolute Gasteiger partial charge is 0.493 e. The molecule has 2 aromatic carbocycles. The molecule has 1 fully saturated rings. The van der Waals surface area contributed by atoms with Crippen LogP contribution in [0.5, 0.6) is 11.5 Å². The Morgan fingerprint density at radius 2 is 2.06 bits per heavy atom. The third-order valence-corrected chi connectivity index (χ3v) is 6.48. The van der Waals surface area contributed by atoms with E-state index in [1.54, 1.807) is 43.2 Å². The summed E-state index contributed by atoms with van der Waals surface area (Å²) in [4.78, 5) is 40.1. The molecule has 0 bridgehead atoms. The third kappa shape index (κ3) is 6.03. The molecule has 9 heteroatoms. The SMILES string of the molecule is C=CCc1cc(/C=C2/SC(=O)N(CC(=O)Nc3cccc(SC)c3)C2=O)cc(OCC)c1OC. The summed E-state index contributed by atoms with van der Waals surface area (Å²) in [6.45, 7) is 5.73. The minimum atomic E-state index is -0.512. The number of allylic oxidation sites excluding steroid dienone is 1. The van der Waals surface area contributed by atoms with Crippen molar-refractivity contribution in [3.8, 4) is 11.5 Å². The molecule has 2 aromatic rings. The summed E-state index contributed by atoms with van der Waals surface area (Å²) in [5.74, 6) is 0.191. The maximum absolute atomic E-state index is 12.9. The Morgan fingerprint density at radius 1 is 1.26 bits per heavy atom. The maximum atomic E-state index is 12.9. The first-order valence-electron chi connectivity index (χ1n) is 10.5. The molecule has 7 nitrogen and oxygen atoms in total. The van der Waals surface area contributed by atoms with Crippen LogP contribution in [-0.2, 0) is 16.0 Å². The Kier molecular flexibility index (Phi) is 8.84. The average molecular weight is 499 g/mol. The van der Waals surface area contributed by atoms with E-state index in [0.717, 1.165) is 27.1 Å². The number of nitrogens with one attached hydrogen (secondary N) is 1. The van der Waals surface area contributed by atoms with Gasteiger partial charge < -0.3 is 14.8 Å². The van der Waals surface area contributed by atoms with Crippen molar-refractivity contribution in [1.29, 1.82) is 0 Å². The first-order chi connectivity index (χ1) is 16.4. The van der Waals surface area contributed by atoms with Crippen LogP contribution < -0.4 is 14.8 Å². The highest BCUT2D eigenvalue weighted by Crippen LogP contribution is 2.37. The zero-order valence-corrected chi connectivity index (χ0v) is 20.9. The minimum Gasteiger partial charge on any atom is -0.493 e. The van der Waals surface area contributed by atoms with Crippen molar-refractivity contribution in [2.75, 3.05) is 31.8 Å². The van der Waals surface area contributed by atoms with E-state index in [-0.39, 0.29) is 11.4 Å². The number of hydrogen-bond donors (Lipinski definition) is 1. The lowest BCUT2D eigenvalue weighted by molar-refractivity contribution is -0.127. The minimum absolute atomic E-state index is 0.236. The molecular formula is C25H26N2O5S2. The number of anilines is 1. The van der Waals surface area contributed by atoms with Gasteiger partial charge in [0.2, 0.25) is 5.91 Å². The second-order valence-electron chi connectivity index (χ2n) is 7.19. The molecule has 3 amide bonds. The molecule has 0 unspecified atom stereocenters. The van der Waals surface area contributed by atoms with Crippen molar-refractivity contribution in [1.82, 2.24) is 4.90 Å². The number of benzene rings is 2. The van der Waals surface area contributed by atoms with Crippen LogP contribution in [0.25, 0.3) is 6.08 Å². The molecule has 0 aromatic heterocycles. The van der Waals surface area contributed by atoms with Crippen LogP contribution in [0, 0.1) is 0 Å². The predicted molar refractivity (Wildman–Crippen MR) is 138 cm³/mol. The highest BCUT2D eigenvalue weighted by molar-refractivity contribution is 8.18. The molecule has 1 saturated heterocycles. The van der Waals surface area contributed by atoms with Crippen molar-refractivity contribution >= 4 is 52.3 Å². The van der Waals surface area contributed by atoms with Gasteiger partial charge in [0, 0.05) is 16.1 Å². The summed E-state index contributed by atoms with van der Waals surface area (Å²) >= 11 is 2.35. The van der Waals surface area contributed by atoms with Crippen LogP contribution in [0.1, 0.15) is 18.1 Å². The normalized spacial score (nSPS) is 14.4. The van der Waals surface area contributed by atoms with Gasteiger partial charge in [0.25, 0.3) is 11.1 Å². The summed E-state index contributed by atoms with van der Waals surface area (Å²) in [5, 5.41) is 2.25. The van der Waals surface area contributed by atoms with E-state index in [1.165, 1.54) is 0 Å². The van der Waals surface area contributed by atoms with Crippen LogP contribution in [0.3, 0.4) is 0 Å². The summed E-state index contributed by atoms with van der Waals surface area (Å²) in [7, 11) is 1.57. The van der Waals surface area contributed by atoms with Crippen LogP contribution in [0.2, 0.25) is 0 Å². The molecule has 1 aliphatic rings. The van der Waals surface area contributed by atoms with Gasteiger partial charge in [-0.3, -0.25) is 19.3 Å². The molecule has 1 aliphatic heterocycles. The van der Waals surface area contributed by atoms with Gasteiger partial charge in [-0.2, -0.15) is 0 Å². The van der Waals surface area contributed by atoms with Crippen molar-refractivity contribution in [3.63, 3.8) is 0 Å². The van der Waals surface area contributed by atoms with Gasteiger partial charge in [-0.05, 0) is 73.3 Å². The number of rotatable bonds is 10. The van der Waals surface area contributed by atoms with E-state index < -0.39 is 17.1 Å². The Labute approximate surface area is 207 Å². The standard InChI is InChI=1S/C25H26N2O5S2/c1-5-8-17-11-16(12-20(32-6-2)23(17)31-3)13-21-24(29)27(25(30)34-21)15-22(28)26-18-9-7-10-19(14-18)33-4/h5,7,9-14H,1,6,8,15H2,2-4H3,(H,26,28)/b21-13+. The number of hydrogen-bond acceptors (Lipinski definition) is 7. The molecule has 0 radical (unpaired) electrons. The first-order valence-corrected chi connectivity index (χ1v) is 12.6. The Balaban J connectivity index is 1.80. The number of imide groups is 1. The summed E-state index contributed by atoms with van der Waals surface area (Å²) in [5.41, 5.74) is 2.14. The molecule has 0 atom stereocenters. The van der Waals surface area contributed by atoms with E-state index in [9.17, 15) is 14.4 Å². The molecule has 1 heterocycles. The van der Waals surface area contributed by atoms with Crippen molar-refractivity contribution in [2.24, 2.45) is 0 Å². The topological polar surface area (TPSA) is 84.9 Å². The number of thioether (sulfide) groups is 2. The molecule has 0 spiro atoms. The van der Waals surface area contributed by atoms with Gasteiger partial charge >= 0.3 is 0 Å². The van der Waals surface area contributed by atoms with Gasteiger partial charge in [0.05, 0.1) is 18.6 Å². The third-order valence-electron chi connectivity index (χ3n) is 4.85. The number of ether oxygens (including phenoxy) is 2. The number of nitrogens with zero attached hydrogens (tertiary/aromatic N) is 1. The Bertz CT molecular complexity index is 1150. The molecule has 34 heavy (non-hydrogen) atoms. The molecule has 1 N–H and O–H groups in total. The average Bonchev–Trinajstić information content (AvgIpc) is 3.07. The molecule has 0 aliphatic carbocycles. The highest BCUT2D eigenvalue weighted by Gasteiger charge is 2.36. The lowest BCUT2D eigenvalue weighted by atomic mass is 10.0. The van der Waals surface area contributed by atoms with E-state index >= 15 is 0 Å². The summed E-state index contributed by atoms with van der Waals surface area (Å²) in [6.07, 6.45) is 5.86. The zero-order valence-electron chi connectivity index (χ0n) is 19.3. The van der Waals surface area contributed by atoms with E-state index in [0.29, 0.717) is 35.8 Å². The van der Waals surface area contributed by atoms with Crippen molar-refractivity contribution < 1.29 is 23.9 Å². The fourth-order valence-corrected chi connectivity index (χ4v) is 4.70. The number of amides is 3. The lowest BCUT2D eigenvalue weighted by Gasteiger charge is -2.14. The van der Waals surface area contributed by atoms with Crippen molar-refractivity contribution in [3.05, 3.63) is 65.1 Å².